The third-order valence-electron chi connectivity index (χ3n) is 4.97. The van der Waals surface area contributed by atoms with Crippen LogP contribution in [0.5, 0.6) is 0 Å². The highest BCUT2D eigenvalue weighted by Gasteiger charge is 2.39. The molecular formula is C19H17Cl2N. The Labute approximate surface area is 140 Å². The van der Waals surface area contributed by atoms with Crippen LogP contribution in [0, 0.1) is 12.8 Å². The van der Waals surface area contributed by atoms with Gasteiger partial charge in [0.05, 0.1) is 6.04 Å². The molecule has 1 aliphatic heterocycles. The van der Waals surface area contributed by atoms with E-state index in [1.165, 1.54) is 16.8 Å². The van der Waals surface area contributed by atoms with E-state index in [9.17, 15) is 0 Å². The summed E-state index contributed by atoms with van der Waals surface area (Å²) in [5.41, 5.74) is 4.82. The quantitative estimate of drug-likeness (QED) is 0.620. The molecule has 0 radical (unpaired) electrons. The van der Waals surface area contributed by atoms with Crippen LogP contribution in [-0.4, -0.2) is 0 Å². The standard InChI is InChI=1S/C19H17Cl2N/c1-11-16(20)10-9-14-12-6-4-7-13(12)19(22-18(11)14)15-5-2-3-8-17(15)21/h2-6,8-10,12-13,19,22H,7H2,1H3/t12-,13-,19-/m0/s1. The molecule has 2 aromatic carbocycles. The zero-order valence-corrected chi connectivity index (χ0v) is 13.8. The molecule has 0 unspecified atom stereocenters. The van der Waals surface area contributed by atoms with Gasteiger partial charge in [-0.2, -0.15) is 0 Å². The molecule has 0 aromatic heterocycles. The Hall–Kier alpha value is -1.44. The average Bonchev–Trinajstić information content (AvgIpc) is 3.00. The Balaban J connectivity index is 1.87. The molecule has 0 fully saturated rings. The monoisotopic (exact) mass is 329 g/mol. The minimum atomic E-state index is 0.221. The Morgan fingerprint density at radius 3 is 2.64 bits per heavy atom. The summed E-state index contributed by atoms with van der Waals surface area (Å²) in [6.45, 7) is 2.08. The maximum atomic E-state index is 6.46. The lowest BCUT2D eigenvalue weighted by molar-refractivity contribution is 0.425. The van der Waals surface area contributed by atoms with Crippen LogP contribution in [0.2, 0.25) is 10.0 Å². The summed E-state index contributed by atoms with van der Waals surface area (Å²) >= 11 is 12.8. The van der Waals surface area contributed by atoms with Crippen molar-refractivity contribution in [3.63, 3.8) is 0 Å². The largest absolute Gasteiger partial charge is 0.377 e. The highest BCUT2D eigenvalue weighted by Crippen LogP contribution is 2.52. The van der Waals surface area contributed by atoms with Gasteiger partial charge in [0.1, 0.15) is 0 Å². The van der Waals surface area contributed by atoms with Crippen LogP contribution in [-0.2, 0) is 0 Å². The van der Waals surface area contributed by atoms with Crippen molar-refractivity contribution in [2.45, 2.75) is 25.3 Å². The SMILES string of the molecule is Cc1c(Cl)ccc2c1N[C@H](c1ccccc1Cl)[C@H]1CC=C[C@H]21. The Morgan fingerprint density at radius 1 is 1.00 bits per heavy atom. The summed E-state index contributed by atoms with van der Waals surface area (Å²) in [4.78, 5) is 0. The minimum absolute atomic E-state index is 0.221. The average molecular weight is 330 g/mol. The lowest BCUT2D eigenvalue weighted by Gasteiger charge is -2.38. The van der Waals surface area contributed by atoms with Gasteiger partial charge in [0.2, 0.25) is 0 Å². The highest BCUT2D eigenvalue weighted by atomic mass is 35.5. The predicted molar refractivity (Wildman–Crippen MR) is 94.0 cm³/mol. The van der Waals surface area contributed by atoms with Crippen LogP contribution in [0.15, 0.2) is 48.6 Å². The molecule has 2 aliphatic rings. The Kier molecular flexibility index (Phi) is 3.43. The van der Waals surface area contributed by atoms with Crippen LogP contribution in [0.25, 0.3) is 0 Å². The lowest BCUT2D eigenvalue weighted by Crippen LogP contribution is -2.29. The molecule has 112 valence electrons. The number of halogens is 2. The summed E-state index contributed by atoms with van der Waals surface area (Å²) in [5.74, 6) is 0.946. The van der Waals surface area contributed by atoms with Crippen molar-refractivity contribution in [2.24, 2.45) is 5.92 Å². The van der Waals surface area contributed by atoms with Crippen LogP contribution >= 0.6 is 23.2 Å². The first-order valence-corrected chi connectivity index (χ1v) is 8.39. The topological polar surface area (TPSA) is 12.0 Å². The number of nitrogens with one attached hydrogen (secondary N) is 1. The van der Waals surface area contributed by atoms with E-state index in [-0.39, 0.29) is 6.04 Å². The molecule has 1 nitrogen and oxygen atoms in total. The van der Waals surface area contributed by atoms with E-state index in [1.54, 1.807) is 0 Å². The Bertz CT molecular complexity index is 766. The van der Waals surface area contributed by atoms with Gasteiger partial charge in [0.25, 0.3) is 0 Å². The molecule has 0 saturated carbocycles. The Morgan fingerprint density at radius 2 is 1.82 bits per heavy atom. The van der Waals surface area contributed by atoms with Gasteiger partial charge in [0, 0.05) is 21.7 Å². The van der Waals surface area contributed by atoms with E-state index < -0.39 is 0 Å². The number of rotatable bonds is 1. The second kappa shape index (κ2) is 5.33. The van der Waals surface area contributed by atoms with Gasteiger partial charge >= 0.3 is 0 Å². The van der Waals surface area contributed by atoms with Gasteiger partial charge in [-0.1, -0.05) is 59.6 Å². The maximum absolute atomic E-state index is 6.46. The molecule has 0 saturated heterocycles. The van der Waals surface area contributed by atoms with Crippen LogP contribution < -0.4 is 5.32 Å². The first-order valence-electron chi connectivity index (χ1n) is 7.63. The van der Waals surface area contributed by atoms with Gasteiger partial charge in [-0.3, -0.25) is 0 Å². The van der Waals surface area contributed by atoms with E-state index >= 15 is 0 Å². The van der Waals surface area contributed by atoms with Gasteiger partial charge in [-0.15, -0.1) is 0 Å². The van der Waals surface area contributed by atoms with Crippen LogP contribution in [0.1, 0.15) is 35.1 Å². The van der Waals surface area contributed by atoms with E-state index in [1.807, 2.05) is 18.2 Å². The number of fused-ring (bicyclic) bond motifs is 3. The molecule has 1 heterocycles. The fraction of sp³-hybridized carbons (Fsp3) is 0.263. The lowest BCUT2D eigenvalue weighted by atomic mass is 9.76. The first kappa shape index (κ1) is 14.2. The molecule has 0 bridgehead atoms. The van der Waals surface area contributed by atoms with Crippen molar-refractivity contribution >= 4 is 28.9 Å². The minimum Gasteiger partial charge on any atom is -0.377 e. The summed E-state index contributed by atoms with van der Waals surface area (Å²) in [5, 5.41) is 5.36. The van der Waals surface area contributed by atoms with Gasteiger partial charge < -0.3 is 5.32 Å². The third kappa shape index (κ3) is 2.07. The zero-order chi connectivity index (χ0) is 15.3. The second-order valence-electron chi connectivity index (χ2n) is 6.13. The van der Waals surface area contributed by atoms with Gasteiger partial charge in [0.15, 0.2) is 0 Å². The smallest absolute Gasteiger partial charge is 0.0568 e. The van der Waals surface area contributed by atoms with Gasteiger partial charge in [-0.25, -0.2) is 0 Å². The zero-order valence-electron chi connectivity index (χ0n) is 12.3. The molecule has 1 N–H and O–H groups in total. The molecule has 0 spiro atoms. The summed E-state index contributed by atoms with van der Waals surface area (Å²) in [6.07, 6.45) is 5.70. The summed E-state index contributed by atoms with van der Waals surface area (Å²) < 4.78 is 0. The van der Waals surface area contributed by atoms with Crippen molar-refractivity contribution < 1.29 is 0 Å². The second-order valence-corrected chi connectivity index (χ2v) is 6.95. The number of hydrogen-bond acceptors (Lipinski definition) is 1. The van der Waals surface area contributed by atoms with Crippen molar-refractivity contribution in [3.05, 3.63) is 75.3 Å². The van der Waals surface area contributed by atoms with E-state index in [4.69, 9.17) is 23.2 Å². The normalized spacial score (nSPS) is 25.5. The number of allylic oxidation sites excluding steroid dienone is 2. The molecule has 3 heteroatoms. The molecule has 22 heavy (non-hydrogen) atoms. The fourth-order valence-corrected chi connectivity index (χ4v) is 4.23. The van der Waals surface area contributed by atoms with Crippen molar-refractivity contribution in [2.75, 3.05) is 5.32 Å². The van der Waals surface area contributed by atoms with E-state index in [0.717, 1.165) is 22.0 Å². The summed E-state index contributed by atoms with van der Waals surface area (Å²) in [6, 6.07) is 12.5. The number of anilines is 1. The highest BCUT2D eigenvalue weighted by molar-refractivity contribution is 6.32. The number of benzene rings is 2. The summed E-state index contributed by atoms with van der Waals surface area (Å²) in [7, 11) is 0. The fourth-order valence-electron chi connectivity index (χ4n) is 3.82. The molecule has 1 aliphatic carbocycles. The van der Waals surface area contributed by atoms with Crippen molar-refractivity contribution in [1.29, 1.82) is 0 Å². The van der Waals surface area contributed by atoms with Crippen molar-refractivity contribution in [1.82, 2.24) is 0 Å². The first-order chi connectivity index (χ1) is 10.7. The number of hydrogen-bond donors (Lipinski definition) is 1. The molecular weight excluding hydrogens is 313 g/mol. The van der Waals surface area contributed by atoms with E-state index in [2.05, 4.69) is 42.6 Å². The van der Waals surface area contributed by atoms with Crippen LogP contribution in [0.3, 0.4) is 0 Å². The molecule has 2 aromatic rings. The molecule has 0 amide bonds. The predicted octanol–water partition coefficient (Wildman–Crippen LogP) is 6.13. The molecule has 3 atom stereocenters. The third-order valence-corrected chi connectivity index (χ3v) is 5.73. The van der Waals surface area contributed by atoms with Crippen LogP contribution in [0.4, 0.5) is 5.69 Å². The maximum Gasteiger partial charge on any atom is 0.0568 e. The van der Waals surface area contributed by atoms with E-state index in [0.29, 0.717) is 11.8 Å². The molecule has 4 rings (SSSR count). The van der Waals surface area contributed by atoms with Gasteiger partial charge in [-0.05, 0) is 48.1 Å². The van der Waals surface area contributed by atoms with Crippen molar-refractivity contribution in [3.8, 4) is 0 Å².